The van der Waals surface area contributed by atoms with E-state index < -0.39 is 0 Å². The van der Waals surface area contributed by atoms with Gasteiger partial charge in [0.15, 0.2) is 11.5 Å². The standard InChI is InChI=1S/C16H15NO3/c1-19-15-8-5-6-12(16(15)20-2)9-10-14(18)13-7-3-4-11-17-13/h3-11H,1-2H3/b10-9+. The van der Waals surface area contributed by atoms with Crippen LogP contribution in [0.3, 0.4) is 0 Å². The Morgan fingerprint density at radius 1 is 1.10 bits per heavy atom. The number of methoxy groups -OCH3 is 2. The van der Waals surface area contributed by atoms with Gasteiger partial charge in [0.05, 0.1) is 14.2 Å². The third-order valence-electron chi connectivity index (χ3n) is 2.77. The van der Waals surface area contributed by atoms with Gasteiger partial charge in [-0.05, 0) is 30.4 Å². The number of pyridine rings is 1. The van der Waals surface area contributed by atoms with Crippen LogP contribution in [0.5, 0.6) is 11.5 Å². The van der Waals surface area contributed by atoms with Crippen LogP contribution in [0.25, 0.3) is 6.08 Å². The Bertz CT molecular complexity index is 621. The summed E-state index contributed by atoms with van der Waals surface area (Å²) in [7, 11) is 3.14. The maximum absolute atomic E-state index is 12.0. The smallest absolute Gasteiger partial charge is 0.204 e. The Balaban J connectivity index is 2.26. The molecule has 0 spiro atoms. The van der Waals surface area contributed by atoms with E-state index in [1.165, 1.54) is 6.08 Å². The molecule has 1 aromatic heterocycles. The van der Waals surface area contributed by atoms with Gasteiger partial charge in [-0.15, -0.1) is 0 Å². The van der Waals surface area contributed by atoms with Crippen molar-refractivity contribution in [3.05, 3.63) is 59.9 Å². The number of carbonyl (C=O) groups excluding carboxylic acids is 1. The summed E-state index contributed by atoms with van der Waals surface area (Å²) in [4.78, 5) is 16.0. The number of aromatic nitrogens is 1. The van der Waals surface area contributed by atoms with Crippen LogP contribution in [0.2, 0.25) is 0 Å². The Morgan fingerprint density at radius 2 is 1.95 bits per heavy atom. The molecule has 0 unspecified atom stereocenters. The second kappa shape index (κ2) is 6.52. The van der Waals surface area contributed by atoms with Crippen LogP contribution < -0.4 is 9.47 Å². The molecule has 20 heavy (non-hydrogen) atoms. The van der Waals surface area contributed by atoms with E-state index in [2.05, 4.69) is 4.98 Å². The third-order valence-corrected chi connectivity index (χ3v) is 2.77. The molecule has 102 valence electrons. The maximum Gasteiger partial charge on any atom is 0.204 e. The summed E-state index contributed by atoms with van der Waals surface area (Å²) in [6.45, 7) is 0. The van der Waals surface area contributed by atoms with Gasteiger partial charge in [0, 0.05) is 11.8 Å². The van der Waals surface area contributed by atoms with Crippen LogP contribution in [-0.4, -0.2) is 25.0 Å². The molecule has 0 saturated carbocycles. The molecule has 0 aliphatic rings. The molecule has 0 aliphatic heterocycles. The summed E-state index contributed by atoms with van der Waals surface area (Å²) < 4.78 is 10.5. The highest BCUT2D eigenvalue weighted by Gasteiger charge is 2.08. The average Bonchev–Trinajstić information content (AvgIpc) is 2.52. The van der Waals surface area contributed by atoms with E-state index in [0.717, 1.165) is 5.56 Å². The topological polar surface area (TPSA) is 48.4 Å². The van der Waals surface area contributed by atoms with Crippen LogP contribution in [0.15, 0.2) is 48.7 Å². The number of nitrogens with zero attached hydrogens (tertiary/aromatic N) is 1. The molecular formula is C16H15NO3. The fourth-order valence-corrected chi connectivity index (χ4v) is 1.80. The van der Waals surface area contributed by atoms with Gasteiger partial charge >= 0.3 is 0 Å². The lowest BCUT2D eigenvalue weighted by Crippen LogP contribution is -1.97. The molecule has 1 heterocycles. The average molecular weight is 269 g/mol. The number of carbonyl (C=O) groups is 1. The molecule has 0 atom stereocenters. The van der Waals surface area contributed by atoms with Gasteiger partial charge in [0.25, 0.3) is 0 Å². The summed E-state index contributed by atoms with van der Waals surface area (Å²) >= 11 is 0. The highest BCUT2D eigenvalue weighted by molar-refractivity contribution is 6.05. The number of rotatable bonds is 5. The minimum atomic E-state index is -0.157. The van der Waals surface area contributed by atoms with Gasteiger partial charge < -0.3 is 9.47 Å². The van der Waals surface area contributed by atoms with E-state index in [9.17, 15) is 4.79 Å². The van der Waals surface area contributed by atoms with Crippen LogP contribution >= 0.6 is 0 Å². The second-order valence-electron chi connectivity index (χ2n) is 4.00. The largest absolute Gasteiger partial charge is 0.493 e. The quantitative estimate of drug-likeness (QED) is 0.618. The van der Waals surface area contributed by atoms with Gasteiger partial charge in [0.1, 0.15) is 5.69 Å². The van der Waals surface area contributed by atoms with E-state index in [-0.39, 0.29) is 5.78 Å². The molecule has 0 bridgehead atoms. The van der Waals surface area contributed by atoms with Crippen molar-refractivity contribution in [1.82, 2.24) is 4.98 Å². The summed E-state index contributed by atoms with van der Waals surface area (Å²) in [6.07, 6.45) is 4.76. The van der Waals surface area contributed by atoms with Crippen molar-refractivity contribution in [1.29, 1.82) is 0 Å². The minimum absolute atomic E-state index is 0.157. The first-order valence-electron chi connectivity index (χ1n) is 6.10. The maximum atomic E-state index is 12.0. The van der Waals surface area contributed by atoms with Gasteiger partial charge in [-0.25, -0.2) is 0 Å². The molecule has 2 rings (SSSR count). The Hall–Kier alpha value is -2.62. The van der Waals surface area contributed by atoms with Crippen molar-refractivity contribution in [2.24, 2.45) is 0 Å². The van der Waals surface area contributed by atoms with Crippen LogP contribution in [0, 0.1) is 0 Å². The predicted molar refractivity (Wildman–Crippen MR) is 77.1 cm³/mol. The van der Waals surface area contributed by atoms with Gasteiger partial charge in [-0.1, -0.05) is 18.2 Å². The van der Waals surface area contributed by atoms with E-state index in [0.29, 0.717) is 17.2 Å². The highest BCUT2D eigenvalue weighted by atomic mass is 16.5. The summed E-state index contributed by atoms with van der Waals surface area (Å²) in [6, 6.07) is 10.7. The Kier molecular flexibility index (Phi) is 4.50. The SMILES string of the molecule is COc1cccc(/C=C/C(=O)c2ccccn2)c1OC. The zero-order chi connectivity index (χ0) is 14.4. The molecular weight excluding hydrogens is 254 g/mol. The molecule has 0 amide bonds. The molecule has 0 aliphatic carbocycles. The van der Waals surface area contributed by atoms with Crippen molar-refractivity contribution in [2.45, 2.75) is 0 Å². The lowest BCUT2D eigenvalue weighted by molar-refractivity contribution is 0.104. The van der Waals surface area contributed by atoms with Crippen LogP contribution in [0.1, 0.15) is 16.1 Å². The van der Waals surface area contributed by atoms with Gasteiger partial charge in [0.2, 0.25) is 5.78 Å². The Labute approximate surface area is 117 Å². The normalized spacial score (nSPS) is 10.5. The fraction of sp³-hybridized carbons (Fsp3) is 0.125. The summed E-state index contributed by atoms with van der Waals surface area (Å²) in [5.41, 5.74) is 1.18. The van der Waals surface area contributed by atoms with E-state index >= 15 is 0 Å². The fourth-order valence-electron chi connectivity index (χ4n) is 1.80. The first kappa shape index (κ1) is 13.8. The molecule has 4 nitrogen and oxygen atoms in total. The predicted octanol–water partition coefficient (Wildman–Crippen LogP) is 2.99. The third kappa shape index (κ3) is 3.03. The number of benzene rings is 1. The van der Waals surface area contributed by atoms with E-state index in [4.69, 9.17) is 9.47 Å². The molecule has 1 aromatic carbocycles. The minimum Gasteiger partial charge on any atom is -0.493 e. The molecule has 0 N–H and O–H groups in total. The van der Waals surface area contributed by atoms with E-state index in [1.807, 2.05) is 12.1 Å². The van der Waals surface area contributed by atoms with E-state index in [1.54, 1.807) is 50.8 Å². The van der Waals surface area contributed by atoms with Crippen LogP contribution in [-0.2, 0) is 0 Å². The molecule has 4 heteroatoms. The lowest BCUT2D eigenvalue weighted by atomic mass is 10.1. The number of allylic oxidation sites excluding steroid dienone is 1. The van der Waals surface area contributed by atoms with Gasteiger partial charge in [-0.3, -0.25) is 9.78 Å². The zero-order valence-corrected chi connectivity index (χ0v) is 11.4. The lowest BCUT2D eigenvalue weighted by Gasteiger charge is -2.09. The first-order valence-corrected chi connectivity index (χ1v) is 6.10. The second-order valence-corrected chi connectivity index (χ2v) is 4.00. The number of hydrogen-bond donors (Lipinski definition) is 0. The molecule has 0 fully saturated rings. The van der Waals surface area contributed by atoms with Crippen molar-refractivity contribution in [2.75, 3.05) is 14.2 Å². The summed E-state index contributed by atoms with van der Waals surface area (Å²) in [5.74, 6) is 1.07. The first-order chi connectivity index (χ1) is 9.76. The molecule has 0 radical (unpaired) electrons. The molecule has 0 saturated heterocycles. The van der Waals surface area contributed by atoms with Crippen molar-refractivity contribution >= 4 is 11.9 Å². The van der Waals surface area contributed by atoms with Crippen molar-refractivity contribution in [3.63, 3.8) is 0 Å². The number of ketones is 1. The zero-order valence-electron chi connectivity index (χ0n) is 11.4. The van der Waals surface area contributed by atoms with Crippen molar-refractivity contribution in [3.8, 4) is 11.5 Å². The monoisotopic (exact) mass is 269 g/mol. The van der Waals surface area contributed by atoms with Crippen LogP contribution in [0.4, 0.5) is 0 Å². The number of hydrogen-bond acceptors (Lipinski definition) is 4. The highest BCUT2D eigenvalue weighted by Crippen LogP contribution is 2.31. The number of ether oxygens (including phenoxy) is 2. The number of para-hydroxylation sites is 1. The summed E-state index contributed by atoms with van der Waals surface area (Å²) in [5, 5.41) is 0. The van der Waals surface area contributed by atoms with Crippen molar-refractivity contribution < 1.29 is 14.3 Å². The van der Waals surface area contributed by atoms with Gasteiger partial charge in [-0.2, -0.15) is 0 Å². The Morgan fingerprint density at radius 3 is 2.60 bits per heavy atom. The molecule has 2 aromatic rings.